The van der Waals surface area contributed by atoms with E-state index in [9.17, 15) is 14.0 Å². The van der Waals surface area contributed by atoms with E-state index in [1.807, 2.05) is 6.92 Å². The van der Waals surface area contributed by atoms with Gasteiger partial charge in [0.15, 0.2) is 0 Å². The van der Waals surface area contributed by atoms with Crippen molar-refractivity contribution in [1.29, 1.82) is 0 Å². The van der Waals surface area contributed by atoms with Crippen LogP contribution < -0.4 is 10.3 Å². The minimum Gasteiger partial charge on any atom is -0.477 e. The molecule has 6 nitrogen and oxygen atoms in total. The summed E-state index contributed by atoms with van der Waals surface area (Å²) in [6.45, 7) is 2.38. The van der Waals surface area contributed by atoms with Crippen LogP contribution in [0.4, 0.5) is 4.39 Å². The number of halogens is 1. The maximum atomic E-state index is 13.5. The Morgan fingerprint density at radius 1 is 1.48 bits per heavy atom. The molecule has 0 aliphatic carbocycles. The topological polar surface area (TPSA) is 81.4 Å². The quantitative estimate of drug-likeness (QED) is 0.914. The summed E-state index contributed by atoms with van der Waals surface area (Å²) in [5, 5.41) is 9.01. The van der Waals surface area contributed by atoms with E-state index in [4.69, 9.17) is 9.84 Å². The highest BCUT2D eigenvalue weighted by Crippen LogP contribution is 2.24. The molecular weight excluding hydrogens is 279 g/mol. The predicted molar refractivity (Wildman–Crippen MR) is 72.2 cm³/mol. The Morgan fingerprint density at radius 2 is 2.24 bits per heavy atom. The van der Waals surface area contributed by atoms with E-state index in [0.717, 1.165) is 12.5 Å². The molecule has 0 saturated carbocycles. The molecule has 1 aromatic heterocycles. The first-order valence-corrected chi connectivity index (χ1v) is 6.29. The Balaban J connectivity index is 2.44. The maximum absolute atomic E-state index is 13.5. The third-order valence-electron chi connectivity index (χ3n) is 2.74. The van der Waals surface area contributed by atoms with Crippen LogP contribution in [0.25, 0.3) is 0 Å². The zero-order valence-electron chi connectivity index (χ0n) is 11.2. The second kappa shape index (κ2) is 6.17. The van der Waals surface area contributed by atoms with Crippen LogP contribution in [0.3, 0.4) is 0 Å². The lowest BCUT2D eigenvalue weighted by Gasteiger charge is -2.09. The Bertz CT molecular complexity index is 727. The fourth-order valence-corrected chi connectivity index (χ4v) is 1.82. The summed E-state index contributed by atoms with van der Waals surface area (Å²) in [5.41, 5.74) is -1.13. The number of rotatable bonds is 5. The van der Waals surface area contributed by atoms with E-state index < -0.39 is 22.9 Å². The molecule has 1 heterocycles. The number of carboxylic acid groups (broad SMARTS) is 1. The fourth-order valence-electron chi connectivity index (χ4n) is 1.82. The first-order chi connectivity index (χ1) is 10.0. The molecule has 2 rings (SSSR count). The van der Waals surface area contributed by atoms with Gasteiger partial charge in [0.25, 0.3) is 5.88 Å². The largest absolute Gasteiger partial charge is 0.477 e. The van der Waals surface area contributed by atoms with E-state index in [1.165, 1.54) is 29.1 Å². The van der Waals surface area contributed by atoms with Gasteiger partial charge in [-0.2, -0.15) is 0 Å². The van der Waals surface area contributed by atoms with Gasteiger partial charge >= 0.3 is 11.5 Å². The van der Waals surface area contributed by atoms with Crippen molar-refractivity contribution in [3.05, 3.63) is 52.3 Å². The van der Waals surface area contributed by atoms with Crippen LogP contribution in [0.2, 0.25) is 0 Å². The number of aromatic carboxylic acids is 1. The number of hydrogen-bond donors (Lipinski definition) is 1. The van der Waals surface area contributed by atoms with Crippen LogP contribution in [0.1, 0.15) is 23.7 Å². The first kappa shape index (κ1) is 14.7. The molecule has 0 aliphatic rings. The van der Waals surface area contributed by atoms with E-state index in [-0.39, 0.29) is 11.6 Å². The molecule has 21 heavy (non-hydrogen) atoms. The Labute approximate surface area is 119 Å². The van der Waals surface area contributed by atoms with Crippen molar-refractivity contribution in [2.24, 2.45) is 0 Å². The van der Waals surface area contributed by atoms with Crippen molar-refractivity contribution < 1.29 is 19.0 Å². The molecule has 1 aromatic carbocycles. The lowest BCUT2D eigenvalue weighted by atomic mass is 10.2. The number of carboxylic acids is 1. The molecule has 0 aliphatic heterocycles. The van der Waals surface area contributed by atoms with Crippen LogP contribution in [-0.2, 0) is 6.54 Å². The molecule has 0 amide bonds. The summed E-state index contributed by atoms with van der Waals surface area (Å²) in [5.74, 6) is -2.97. The minimum atomic E-state index is -1.48. The molecule has 110 valence electrons. The van der Waals surface area contributed by atoms with Crippen molar-refractivity contribution in [2.75, 3.05) is 0 Å². The van der Waals surface area contributed by atoms with Crippen molar-refractivity contribution in [3.63, 3.8) is 0 Å². The van der Waals surface area contributed by atoms with Gasteiger partial charge in [-0.1, -0.05) is 13.0 Å². The molecule has 7 heteroatoms. The van der Waals surface area contributed by atoms with Crippen molar-refractivity contribution in [1.82, 2.24) is 9.55 Å². The lowest BCUT2D eigenvalue weighted by molar-refractivity contribution is 0.0689. The van der Waals surface area contributed by atoms with Gasteiger partial charge in [-0.3, -0.25) is 4.79 Å². The number of benzene rings is 1. The number of carbonyl (C=O) groups is 1. The summed E-state index contributed by atoms with van der Waals surface area (Å²) in [4.78, 5) is 26.9. The number of hydrogen-bond acceptors (Lipinski definition) is 4. The van der Waals surface area contributed by atoms with E-state index in [1.54, 1.807) is 0 Å². The Morgan fingerprint density at radius 3 is 2.90 bits per heavy atom. The third kappa shape index (κ3) is 3.07. The van der Waals surface area contributed by atoms with Crippen LogP contribution in [0.15, 0.2) is 35.4 Å². The van der Waals surface area contributed by atoms with Gasteiger partial charge < -0.3 is 14.4 Å². The molecule has 1 N–H and O–H groups in total. The average Bonchev–Trinajstić information content (AvgIpc) is 2.43. The second-order valence-corrected chi connectivity index (χ2v) is 4.25. The highest BCUT2D eigenvalue weighted by atomic mass is 19.1. The highest BCUT2D eigenvalue weighted by molar-refractivity contribution is 5.91. The zero-order valence-corrected chi connectivity index (χ0v) is 11.2. The monoisotopic (exact) mass is 292 g/mol. The van der Waals surface area contributed by atoms with Crippen molar-refractivity contribution in [2.45, 2.75) is 19.9 Å². The molecule has 0 atom stereocenters. The fraction of sp³-hybridized carbons (Fsp3) is 0.214. The van der Waals surface area contributed by atoms with Gasteiger partial charge in [0.05, 0.1) is 0 Å². The van der Waals surface area contributed by atoms with Crippen LogP contribution >= 0.6 is 0 Å². The maximum Gasteiger partial charge on any atom is 0.342 e. The van der Waals surface area contributed by atoms with Gasteiger partial charge in [-0.15, -0.1) is 0 Å². The summed E-state index contributed by atoms with van der Waals surface area (Å²) >= 11 is 0. The zero-order chi connectivity index (χ0) is 15.4. The van der Waals surface area contributed by atoms with E-state index in [2.05, 4.69) is 4.98 Å². The smallest absolute Gasteiger partial charge is 0.342 e. The first-order valence-electron chi connectivity index (χ1n) is 6.29. The average molecular weight is 292 g/mol. The van der Waals surface area contributed by atoms with Gasteiger partial charge in [-0.25, -0.2) is 14.2 Å². The Hall–Kier alpha value is -2.70. The number of nitrogens with zero attached hydrogens (tertiary/aromatic N) is 2. The molecule has 0 radical (unpaired) electrons. The summed E-state index contributed by atoms with van der Waals surface area (Å²) in [6.07, 6.45) is 3.61. The van der Waals surface area contributed by atoms with E-state index in [0.29, 0.717) is 6.54 Å². The molecule has 0 spiro atoms. The summed E-state index contributed by atoms with van der Waals surface area (Å²) in [7, 11) is 0. The molecule has 0 unspecified atom stereocenters. The van der Waals surface area contributed by atoms with Gasteiger partial charge in [0.2, 0.25) is 0 Å². The number of aromatic nitrogens is 2. The highest BCUT2D eigenvalue weighted by Gasteiger charge is 2.19. The van der Waals surface area contributed by atoms with Gasteiger partial charge in [-0.05, 0) is 18.6 Å². The molecule has 0 bridgehead atoms. The van der Waals surface area contributed by atoms with Gasteiger partial charge in [0, 0.05) is 18.9 Å². The van der Waals surface area contributed by atoms with Gasteiger partial charge in [0.1, 0.15) is 17.1 Å². The normalized spacial score (nSPS) is 10.4. The Kier molecular flexibility index (Phi) is 4.32. The molecular formula is C14H13FN2O4. The number of aryl methyl sites for hydroxylation is 1. The molecule has 2 aromatic rings. The third-order valence-corrected chi connectivity index (χ3v) is 2.74. The molecule has 0 fully saturated rings. The minimum absolute atomic E-state index is 0.263. The van der Waals surface area contributed by atoms with E-state index >= 15 is 0 Å². The lowest BCUT2D eigenvalue weighted by Crippen LogP contribution is -2.21. The SMILES string of the molecule is CCCn1ccnc(Oc2cccc(F)c2C(=O)O)c1=O. The van der Waals surface area contributed by atoms with Crippen LogP contribution in [-0.4, -0.2) is 20.6 Å². The molecule has 0 saturated heterocycles. The van der Waals surface area contributed by atoms with Crippen LogP contribution in [0, 0.1) is 5.82 Å². The van der Waals surface area contributed by atoms with Crippen LogP contribution in [0.5, 0.6) is 11.6 Å². The van der Waals surface area contributed by atoms with Crippen molar-refractivity contribution in [3.8, 4) is 11.6 Å². The number of ether oxygens (including phenoxy) is 1. The standard InChI is InChI=1S/C14H13FN2O4/c1-2-7-17-8-6-16-12(13(17)18)21-10-5-3-4-9(15)11(10)14(19)20/h3-6,8H,2,7H2,1H3,(H,19,20). The summed E-state index contributed by atoms with van der Waals surface area (Å²) in [6, 6.07) is 3.57. The predicted octanol–water partition coefficient (Wildman–Crippen LogP) is 2.28. The second-order valence-electron chi connectivity index (χ2n) is 4.25. The van der Waals surface area contributed by atoms with Crippen molar-refractivity contribution >= 4 is 5.97 Å². The summed E-state index contributed by atoms with van der Waals surface area (Å²) < 4.78 is 20.1.